The van der Waals surface area contributed by atoms with Crippen LogP contribution in [-0.2, 0) is 6.42 Å². The number of rotatable bonds is 4. The molecule has 2 N–H and O–H groups in total. The van der Waals surface area contributed by atoms with Crippen LogP contribution >= 0.6 is 0 Å². The van der Waals surface area contributed by atoms with Crippen LogP contribution in [0.2, 0.25) is 0 Å². The number of benzene rings is 1. The zero-order valence-corrected chi connectivity index (χ0v) is 10.1. The summed E-state index contributed by atoms with van der Waals surface area (Å²) in [6.45, 7) is 2.05. The number of aryl methyl sites for hydroxylation is 1. The molecule has 2 aromatic rings. The molecule has 0 saturated heterocycles. The fraction of sp³-hybridized carbons (Fsp3) is 0.267. The van der Waals surface area contributed by atoms with E-state index in [1.54, 1.807) is 6.20 Å². The molecular formula is C15H18N2. The molecule has 0 amide bonds. The van der Waals surface area contributed by atoms with E-state index in [2.05, 4.69) is 35.3 Å². The maximum atomic E-state index is 5.78. The molecule has 0 aliphatic heterocycles. The number of hydrogen-bond donors (Lipinski definition) is 1. The molecule has 2 nitrogen and oxygen atoms in total. The molecule has 0 saturated carbocycles. The molecule has 1 aromatic carbocycles. The van der Waals surface area contributed by atoms with Crippen molar-refractivity contribution < 1.29 is 0 Å². The van der Waals surface area contributed by atoms with Gasteiger partial charge in [-0.15, -0.1) is 0 Å². The number of hydrogen-bond acceptors (Lipinski definition) is 2. The molecule has 1 atom stereocenters. The zero-order valence-electron chi connectivity index (χ0n) is 10.1. The molecule has 17 heavy (non-hydrogen) atoms. The Bertz CT molecular complexity index is 463. The summed E-state index contributed by atoms with van der Waals surface area (Å²) < 4.78 is 0. The van der Waals surface area contributed by atoms with E-state index >= 15 is 0 Å². The van der Waals surface area contributed by atoms with Crippen molar-refractivity contribution in [1.82, 2.24) is 4.98 Å². The molecule has 88 valence electrons. The van der Waals surface area contributed by atoms with E-state index < -0.39 is 0 Å². The highest BCUT2D eigenvalue weighted by Crippen LogP contribution is 2.19. The topological polar surface area (TPSA) is 38.9 Å². The van der Waals surface area contributed by atoms with Crippen LogP contribution in [0.1, 0.15) is 18.9 Å². The van der Waals surface area contributed by atoms with Gasteiger partial charge in [0.1, 0.15) is 0 Å². The fourth-order valence-electron chi connectivity index (χ4n) is 1.83. The maximum Gasteiger partial charge on any atom is 0.0346 e. The van der Waals surface area contributed by atoms with Crippen LogP contribution in [0.25, 0.3) is 11.1 Å². The van der Waals surface area contributed by atoms with Gasteiger partial charge < -0.3 is 5.73 Å². The number of nitrogens with zero attached hydrogens (tertiary/aromatic N) is 1. The second kappa shape index (κ2) is 5.60. The van der Waals surface area contributed by atoms with Crippen LogP contribution in [0.5, 0.6) is 0 Å². The van der Waals surface area contributed by atoms with Gasteiger partial charge in [0.15, 0.2) is 0 Å². The summed E-state index contributed by atoms with van der Waals surface area (Å²) in [7, 11) is 0. The van der Waals surface area contributed by atoms with Crippen LogP contribution in [0, 0.1) is 0 Å². The first-order valence-electron chi connectivity index (χ1n) is 6.00. The lowest BCUT2D eigenvalue weighted by atomic mass is 10.0. The third-order valence-corrected chi connectivity index (χ3v) is 2.81. The first-order chi connectivity index (χ1) is 8.25. The summed E-state index contributed by atoms with van der Waals surface area (Å²) >= 11 is 0. The average molecular weight is 226 g/mol. The van der Waals surface area contributed by atoms with E-state index in [0.29, 0.717) is 0 Å². The molecule has 2 heteroatoms. The van der Waals surface area contributed by atoms with E-state index in [4.69, 9.17) is 5.73 Å². The maximum absolute atomic E-state index is 5.78. The van der Waals surface area contributed by atoms with Gasteiger partial charge in [-0.1, -0.05) is 30.3 Å². The highest BCUT2D eigenvalue weighted by molar-refractivity contribution is 5.62. The smallest absolute Gasteiger partial charge is 0.0346 e. The van der Waals surface area contributed by atoms with Gasteiger partial charge >= 0.3 is 0 Å². The average Bonchev–Trinajstić information content (AvgIpc) is 2.38. The zero-order chi connectivity index (χ0) is 12.1. The van der Waals surface area contributed by atoms with Crippen molar-refractivity contribution in [3.63, 3.8) is 0 Å². The predicted molar refractivity (Wildman–Crippen MR) is 71.6 cm³/mol. The van der Waals surface area contributed by atoms with E-state index in [-0.39, 0.29) is 6.04 Å². The summed E-state index contributed by atoms with van der Waals surface area (Å²) in [5.41, 5.74) is 9.50. The molecule has 2 rings (SSSR count). The number of aromatic nitrogens is 1. The van der Waals surface area contributed by atoms with Crippen molar-refractivity contribution in [1.29, 1.82) is 0 Å². The quantitative estimate of drug-likeness (QED) is 0.870. The van der Waals surface area contributed by atoms with Crippen LogP contribution in [-0.4, -0.2) is 11.0 Å². The van der Waals surface area contributed by atoms with Gasteiger partial charge in [0.25, 0.3) is 0 Å². The highest BCUT2D eigenvalue weighted by atomic mass is 14.6. The van der Waals surface area contributed by atoms with E-state index in [1.165, 1.54) is 11.1 Å². The normalized spacial score (nSPS) is 12.4. The Labute approximate surface area is 103 Å². The van der Waals surface area contributed by atoms with Gasteiger partial charge in [0.05, 0.1) is 0 Å². The lowest BCUT2D eigenvalue weighted by molar-refractivity contribution is 0.666. The van der Waals surface area contributed by atoms with Gasteiger partial charge in [0, 0.05) is 18.4 Å². The lowest BCUT2D eigenvalue weighted by Crippen LogP contribution is -2.15. The lowest BCUT2D eigenvalue weighted by Gasteiger charge is -2.07. The Morgan fingerprint density at radius 1 is 1.18 bits per heavy atom. The second-order valence-corrected chi connectivity index (χ2v) is 4.46. The Balaban J connectivity index is 2.17. The minimum absolute atomic E-state index is 0.261. The van der Waals surface area contributed by atoms with Gasteiger partial charge in [-0.3, -0.25) is 4.98 Å². The Hall–Kier alpha value is -1.67. The van der Waals surface area contributed by atoms with Crippen LogP contribution in [0.15, 0.2) is 48.8 Å². The minimum Gasteiger partial charge on any atom is -0.328 e. The van der Waals surface area contributed by atoms with Gasteiger partial charge in [-0.2, -0.15) is 0 Å². The van der Waals surface area contributed by atoms with E-state index in [1.807, 2.05) is 19.2 Å². The first kappa shape index (κ1) is 11.8. The first-order valence-corrected chi connectivity index (χ1v) is 6.00. The minimum atomic E-state index is 0.261. The van der Waals surface area contributed by atoms with Crippen LogP contribution in [0.4, 0.5) is 0 Å². The Morgan fingerprint density at radius 2 is 2.00 bits per heavy atom. The molecule has 1 heterocycles. The van der Waals surface area contributed by atoms with Gasteiger partial charge in [-0.25, -0.2) is 0 Å². The standard InChI is InChI=1S/C15H18N2/c1-12(16)7-8-13-4-2-5-14(10-13)15-6-3-9-17-11-15/h2-6,9-12H,7-8,16H2,1H3. The van der Waals surface area contributed by atoms with E-state index in [0.717, 1.165) is 18.4 Å². The molecular weight excluding hydrogens is 208 g/mol. The fourth-order valence-corrected chi connectivity index (χ4v) is 1.83. The predicted octanol–water partition coefficient (Wildman–Crippen LogP) is 3.03. The van der Waals surface area contributed by atoms with Crippen LogP contribution in [0.3, 0.4) is 0 Å². The SMILES string of the molecule is CC(N)CCc1cccc(-c2cccnc2)c1. The monoisotopic (exact) mass is 226 g/mol. The highest BCUT2D eigenvalue weighted by Gasteiger charge is 2.00. The van der Waals surface area contributed by atoms with Crippen molar-refractivity contribution in [3.8, 4) is 11.1 Å². The van der Waals surface area contributed by atoms with Gasteiger partial charge in [0.2, 0.25) is 0 Å². The van der Waals surface area contributed by atoms with Crippen molar-refractivity contribution in [2.45, 2.75) is 25.8 Å². The summed E-state index contributed by atoms with van der Waals surface area (Å²) in [6.07, 6.45) is 5.75. The molecule has 0 aliphatic carbocycles. The molecule has 0 spiro atoms. The number of pyridine rings is 1. The van der Waals surface area contributed by atoms with Gasteiger partial charge in [-0.05, 0) is 42.5 Å². The second-order valence-electron chi connectivity index (χ2n) is 4.46. The summed E-state index contributed by atoms with van der Waals surface area (Å²) in [6, 6.07) is 12.9. The molecule has 0 radical (unpaired) electrons. The van der Waals surface area contributed by atoms with Crippen molar-refractivity contribution >= 4 is 0 Å². The molecule has 0 aliphatic rings. The van der Waals surface area contributed by atoms with Crippen molar-refractivity contribution in [3.05, 3.63) is 54.4 Å². The summed E-state index contributed by atoms with van der Waals surface area (Å²) in [5, 5.41) is 0. The number of nitrogens with two attached hydrogens (primary N) is 1. The summed E-state index contributed by atoms with van der Waals surface area (Å²) in [5.74, 6) is 0. The third-order valence-electron chi connectivity index (χ3n) is 2.81. The van der Waals surface area contributed by atoms with E-state index in [9.17, 15) is 0 Å². The van der Waals surface area contributed by atoms with Crippen molar-refractivity contribution in [2.24, 2.45) is 5.73 Å². The van der Waals surface area contributed by atoms with Crippen molar-refractivity contribution in [2.75, 3.05) is 0 Å². The summed E-state index contributed by atoms with van der Waals surface area (Å²) in [4.78, 5) is 4.14. The third kappa shape index (κ3) is 3.40. The molecule has 1 aromatic heterocycles. The Kier molecular flexibility index (Phi) is 3.89. The molecule has 1 unspecified atom stereocenters. The Morgan fingerprint density at radius 3 is 2.71 bits per heavy atom. The largest absolute Gasteiger partial charge is 0.328 e. The molecule has 0 bridgehead atoms. The molecule has 0 fully saturated rings. The van der Waals surface area contributed by atoms with Crippen LogP contribution < -0.4 is 5.73 Å².